The Labute approximate surface area is 100 Å². The topological polar surface area (TPSA) is 67.6 Å². The Kier molecular flexibility index (Phi) is 3.10. The lowest BCUT2D eigenvalue weighted by molar-refractivity contribution is 0.808. The van der Waals surface area contributed by atoms with Crippen molar-refractivity contribution < 1.29 is 0 Å². The van der Waals surface area contributed by atoms with Crippen molar-refractivity contribution in [1.29, 1.82) is 5.26 Å². The minimum atomic E-state index is 0.570. The third-order valence-corrected chi connectivity index (χ3v) is 2.59. The maximum Gasteiger partial charge on any atom is 0.113 e. The number of benzene rings is 1. The predicted octanol–water partition coefficient (Wildman–Crippen LogP) is 2.28. The molecule has 0 unspecified atom stereocenters. The Morgan fingerprint density at radius 2 is 2.29 bits per heavy atom. The molecule has 1 heterocycles. The van der Waals surface area contributed by atoms with E-state index < -0.39 is 0 Å². The average Bonchev–Trinajstić information content (AvgIpc) is 2.77. The molecule has 1 aromatic carbocycles. The van der Waals surface area contributed by atoms with E-state index in [0.717, 1.165) is 24.4 Å². The third-order valence-electron chi connectivity index (χ3n) is 2.59. The van der Waals surface area contributed by atoms with E-state index in [1.165, 1.54) is 0 Å². The van der Waals surface area contributed by atoms with E-state index in [1.807, 2.05) is 16.8 Å². The van der Waals surface area contributed by atoms with Gasteiger partial charge in [0.25, 0.3) is 0 Å². The molecule has 0 saturated carbocycles. The second kappa shape index (κ2) is 4.71. The quantitative estimate of drug-likeness (QED) is 0.816. The molecule has 2 rings (SSSR count). The molecule has 17 heavy (non-hydrogen) atoms. The van der Waals surface area contributed by atoms with Crippen LogP contribution < -0.4 is 5.73 Å². The highest BCUT2D eigenvalue weighted by Gasteiger charge is 2.08. The molecule has 0 spiro atoms. The van der Waals surface area contributed by atoms with Gasteiger partial charge in [-0.05, 0) is 24.6 Å². The van der Waals surface area contributed by atoms with Gasteiger partial charge < -0.3 is 10.3 Å². The van der Waals surface area contributed by atoms with Crippen LogP contribution in [0.25, 0.3) is 5.69 Å². The minimum absolute atomic E-state index is 0.570. The van der Waals surface area contributed by atoms with Crippen LogP contribution in [0.15, 0.2) is 30.6 Å². The summed E-state index contributed by atoms with van der Waals surface area (Å²) < 4.78 is 1.95. The molecule has 4 nitrogen and oxygen atoms in total. The van der Waals surface area contributed by atoms with Crippen molar-refractivity contribution in [3.8, 4) is 11.8 Å². The molecule has 2 N–H and O–H groups in total. The molecule has 0 radical (unpaired) electrons. The van der Waals surface area contributed by atoms with Crippen molar-refractivity contribution in [2.45, 2.75) is 19.8 Å². The van der Waals surface area contributed by atoms with Crippen molar-refractivity contribution in [3.05, 3.63) is 42.0 Å². The van der Waals surface area contributed by atoms with Gasteiger partial charge in [0.2, 0.25) is 0 Å². The van der Waals surface area contributed by atoms with Crippen molar-refractivity contribution in [3.63, 3.8) is 0 Å². The molecule has 0 aliphatic heterocycles. The molecule has 0 fully saturated rings. The molecule has 0 atom stereocenters. The van der Waals surface area contributed by atoms with E-state index in [9.17, 15) is 0 Å². The molecule has 0 saturated heterocycles. The van der Waals surface area contributed by atoms with Gasteiger partial charge in [-0.1, -0.05) is 6.92 Å². The van der Waals surface area contributed by atoms with Crippen LogP contribution in [0.4, 0.5) is 5.69 Å². The smallest absolute Gasteiger partial charge is 0.113 e. The number of rotatable bonds is 3. The first-order valence-corrected chi connectivity index (χ1v) is 5.58. The van der Waals surface area contributed by atoms with Crippen molar-refractivity contribution in [2.75, 3.05) is 5.73 Å². The van der Waals surface area contributed by atoms with Gasteiger partial charge in [-0.2, -0.15) is 5.26 Å². The zero-order valence-corrected chi connectivity index (χ0v) is 9.72. The third kappa shape index (κ3) is 2.13. The number of nitriles is 1. The maximum absolute atomic E-state index is 9.12. The van der Waals surface area contributed by atoms with E-state index in [4.69, 9.17) is 11.0 Å². The van der Waals surface area contributed by atoms with Gasteiger partial charge in [-0.25, -0.2) is 4.98 Å². The lowest BCUT2D eigenvalue weighted by Crippen LogP contribution is -2.03. The van der Waals surface area contributed by atoms with E-state index >= 15 is 0 Å². The van der Waals surface area contributed by atoms with Gasteiger partial charge in [0.15, 0.2) is 0 Å². The summed E-state index contributed by atoms with van der Waals surface area (Å²) >= 11 is 0. The Morgan fingerprint density at radius 3 is 3.00 bits per heavy atom. The zero-order chi connectivity index (χ0) is 12.3. The molecule has 2 aromatic rings. The van der Waals surface area contributed by atoms with Gasteiger partial charge in [0.05, 0.1) is 11.3 Å². The summed E-state index contributed by atoms with van der Waals surface area (Å²) in [4.78, 5) is 4.30. The summed E-state index contributed by atoms with van der Waals surface area (Å²) in [5.74, 6) is 0.966. The highest BCUT2D eigenvalue weighted by molar-refractivity contribution is 5.57. The number of aryl methyl sites for hydroxylation is 1. The summed E-state index contributed by atoms with van der Waals surface area (Å²) in [6, 6.07) is 7.50. The first-order chi connectivity index (χ1) is 8.26. The Bertz CT molecular complexity index is 563. The summed E-state index contributed by atoms with van der Waals surface area (Å²) in [6.45, 7) is 2.10. The number of hydrogen-bond donors (Lipinski definition) is 1. The minimum Gasteiger partial charge on any atom is -0.399 e. The van der Waals surface area contributed by atoms with Crippen LogP contribution in [-0.2, 0) is 6.42 Å². The van der Waals surface area contributed by atoms with E-state index in [0.29, 0.717) is 11.3 Å². The number of nitrogens with two attached hydrogens (primary N) is 1. The maximum atomic E-state index is 9.12. The molecule has 86 valence electrons. The highest BCUT2D eigenvalue weighted by atomic mass is 15.1. The normalized spacial score (nSPS) is 10.1. The first kappa shape index (κ1) is 11.2. The standard InChI is InChI=1S/C13H14N4/c1-2-3-13-16-6-7-17(13)12-5-4-11(15)8-10(12)9-14/h4-8H,2-3,15H2,1H3. The average molecular weight is 226 g/mol. The Hall–Kier alpha value is -2.28. The number of anilines is 1. The van der Waals surface area contributed by atoms with Crippen molar-refractivity contribution in [2.24, 2.45) is 0 Å². The van der Waals surface area contributed by atoms with Crippen LogP contribution in [-0.4, -0.2) is 9.55 Å². The molecule has 1 aromatic heterocycles. The lowest BCUT2D eigenvalue weighted by atomic mass is 10.1. The fraction of sp³-hybridized carbons (Fsp3) is 0.231. The largest absolute Gasteiger partial charge is 0.399 e. The Morgan fingerprint density at radius 1 is 1.47 bits per heavy atom. The van der Waals surface area contributed by atoms with E-state index in [-0.39, 0.29) is 0 Å². The van der Waals surface area contributed by atoms with Gasteiger partial charge in [-0.15, -0.1) is 0 Å². The highest BCUT2D eigenvalue weighted by Crippen LogP contribution is 2.19. The fourth-order valence-electron chi connectivity index (χ4n) is 1.82. The van der Waals surface area contributed by atoms with Gasteiger partial charge in [-0.3, -0.25) is 0 Å². The van der Waals surface area contributed by atoms with Gasteiger partial charge in [0.1, 0.15) is 11.9 Å². The zero-order valence-electron chi connectivity index (χ0n) is 9.72. The first-order valence-electron chi connectivity index (χ1n) is 5.58. The molecular formula is C13H14N4. The second-order valence-electron chi connectivity index (χ2n) is 3.85. The van der Waals surface area contributed by atoms with Gasteiger partial charge >= 0.3 is 0 Å². The van der Waals surface area contributed by atoms with Crippen LogP contribution in [0, 0.1) is 11.3 Å². The van der Waals surface area contributed by atoms with Crippen LogP contribution in [0.2, 0.25) is 0 Å². The molecule has 4 heteroatoms. The number of imidazole rings is 1. The Balaban J connectivity index is 2.53. The van der Waals surface area contributed by atoms with Crippen LogP contribution >= 0.6 is 0 Å². The number of nitrogens with zero attached hydrogens (tertiary/aromatic N) is 3. The molecule has 0 bridgehead atoms. The van der Waals surface area contributed by atoms with E-state index in [1.54, 1.807) is 18.3 Å². The number of nitrogen functional groups attached to an aromatic ring is 1. The van der Waals surface area contributed by atoms with Crippen LogP contribution in [0.5, 0.6) is 0 Å². The summed E-state index contributed by atoms with van der Waals surface area (Å²) in [5.41, 5.74) is 7.68. The van der Waals surface area contributed by atoms with Crippen molar-refractivity contribution in [1.82, 2.24) is 9.55 Å². The molecular weight excluding hydrogens is 212 g/mol. The number of aromatic nitrogens is 2. The van der Waals surface area contributed by atoms with Gasteiger partial charge in [0, 0.05) is 24.5 Å². The second-order valence-corrected chi connectivity index (χ2v) is 3.85. The summed E-state index contributed by atoms with van der Waals surface area (Å²) in [5, 5.41) is 9.12. The molecule has 0 amide bonds. The van der Waals surface area contributed by atoms with Crippen LogP contribution in [0.1, 0.15) is 24.7 Å². The monoisotopic (exact) mass is 226 g/mol. The summed E-state index contributed by atoms with van der Waals surface area (Å²) in [6.07, 6.45) is 5.54. The van der Waals surface area contributed by atoms with Crippen LogP contribution in [0.3, 0.4) is 0 Å². The number of hydrogen-bond acceptors (Lipinski definition) is 3. The summed E-state index contributed by atoms with van der Waals surface area (Å²) in [7, 11) is 0. The predicted molar refractivity (Wildman–Crippen MR) is 66.7 cm³/mol. The lowest BCUT2D eigenvalue weighted by Gasteiger charge is -2.09. The van der Waals surface area contributed by atoms with Crippen molar-refractivity contribution >= 4 is 5.69 Å². The van der Waals surface area contributed by atoms with E-state index in [2.05, 4.69) is 18.0 Å². The fourth-order valence-corrected chi connectivity index (χ4v) is 1.82. The molecule has 0 aliphatic carbocycles. The molecule has 0 aliphatic rings. The SMILES string of the molecule is CCCc1nccn1-c1ccc(N)cc1C#N.